The van der Waals surface area contributed by atoms with Crippen molar-refractivity contribution in [2.75, 3.05) is 24.2 Å². The Morgan fingerprint density at radius 1 is 0.973 bits per heavy atom. The number of rotatable bonds is 5. The number of likely N-dealkylation sites (tertiary alicyclic amines) is 1. The van der Waals surface area contributed by atoms with Crippen molar-refractivity contribution in [1.29, 1.82) is 0 Å². The summed E-state index contributed by atoms with van der Waals surface area (Å²) in [5.41, 5.74) is 3.68. The van der Waals surface area contributed by atoms with Crippen molar-refractivity contribution in [2.45, 2.75) is 30.6 Å². The highest BCUT2D eigenvalue weighted by Crippen LogP contribution is 2.38. The topological polar surface area (TPSA) is 75.9 Å². The summed E-state index contributed by atoms with van der Waals surface area (Å²) >= 11 is 1.69. The first kappa shape index (κ1) is 23.6. The van der Waals surface area contributed by atoms with Crippen molar-refractivity contribution >= 4 is 23.6 Å². The average molecular weight is 519 g/mol. The Morgan fingerprint density at radius 3 is 2.51 bits per heavy atom. The number of piperidine rings is 1. The molecule has 0 radical (unpaired) electrons. The maximum absolute atomic E-state index is 13.6. The number of amides is 1. The van der Waals surface area contributed by atoms with Crippen molar-refractivity contribution in [2.24, 2.45) is 0 Å². The van der Waals surface area contributed by atoms with Gasteiger partial charge < -0.3 is 14.8 Å². The van der Waals surface area contributed by atoms with Crippen molar-refractivity contribution in [3.63, 3.8) is 0 Å². The number of anilines is 1. The zero-order valence-electron chi connectivity index (χ0n) is 19.9. The molecule has 2 aromatic carbocycles. The van der Waals surface area contributed by atoms with Gasteiger partial charge in [0.2, 0.25) is 5.95 Å². The van der Waals surface area contributed by atoms with E-state index in [0.717, 1.165) is 52.9 Å². The van der Waals surface area contributed by atoms with Gasteiger partial charge in [0.1, 0.15) is 11.6 Å². The fourth-order valence-corrected chi connectivity index (χ4v) is 5.79. The van der Waals surface area contributed by atoms with Crippen LogP contribution in [0.1, 0.15) is 23.2 Å². The summed E-state index contributed by atoms with van der Waals surface area (Å²) in [5, 5.41) is 4.32. The number of hydrogen-bond acceptors (Lipinski definition) is 6. The minimum atomic E-state index is -0.364. The van der Waals surface area contributed by atoms with Crippen LogP contribution in [0, 0.1) is 11.6 Å². The predicted octanol–water partition coefficient (Wildman–Crippen LogP) is 5.11. The van der Waals surface area contributed by atoms with Gasteiger partial charge in [0.25, 0.3) is 5.91 Å². The number of aromatic nitrogens is 4. The van der Waals surface area contributed by atoms with Crippen LogP contribution in [0.3, 0.4) is 0 Å². The second-order valence-corrected chi connectivity index (χ2v) is 10.2. The second-order valence-electron chi connectivity index (χ2n) is 9.11. The summed E-state index contributed by atoms with van der Waals surface area (Å²) in [6, 6.07) is 13.8. The van der Waals surface area contributed by atoms with E-state index in [2.05, 4.69) is 14.9 Å². The predicted molar refractivity (Wildman–Crippen MR) is 138 cm³/mol. The molecule has 6 rings (SSSR count). The molecule has 0 aliphatic carbocycles. The minimum Gasteiger partial charge on any atom is -0.350 e. The number of hydrogen-bond donors (Lipinski definition) is 1. The Bertz CT molecular complexity index is 1440. The quantitative estimate of drug-likeness (QED) is 0.396. The molecule has 0 bridgehead atoms. The number of fused-ring (bicyclic) bond motifs is 1. The number of nitrogens with one attached hydrogen (secondary N) is 1. The van der Waals surface area contributed by atoms with Crippen LogP contribution in [-0.4, -0.2) is 55.2 Å². The van der Waals surface area contributed by atoms with Gasteiger partial charge in [-0.1, -0.05) is 11.8 Å². The molecule has 2 aliphatic heterocycles. The molecule has 1 saturated heterocycles. The Labute approximate surface area is 217 Å². The van der Waals surface area contributed by atoms with Gasteiger partial charge in [-0.25, -0.2) is 23.7 Å². The number of halogens is 2. The third-order valence-electron chi connectivity index (χ3n) is 6.63. The van der Waals surface area contributed by atoms with Gasteiger partial charge in [-0.05, 0) is 67.4 Å². The van der Waals surface area contributed by atoms with Crippen LogP contribution in [0.4, 0.5) is 14.7 Å². The first-order valence-electron chi connectivity index (χ1n) is 12.2. The standard InChI is InChI=1S/C27H24F2N6OS/c28-19-7-3-17(4-8-19)23-24(35-14-15-37-27(35)33-23)22-11-12-30-26(32-22)31-21-2-1-13-34(16-21)25(36)18-5-9-20(29)10-6-18/h3-12,21H,1-2,13-16H2,(H,30,31,32). The van der Waals surface area contributed by atoms with Crippen LogP contribution in [0.2, 0.25) is 0 Å². The van der Waals surface area contributed by atoms with Gasteiger partial charge in [0.05, 0.1) is 17.1 Å². The molecular weight excluding hydrogens is 494 g/mol. The molecule has 1 unspecified atom stereocenters. The lowest BCUT2D eigenvalue weighted by Crippen LogP contribution is -2.45. The fourth-order valence-electron chi connectivity index (χ4n) is 4.84. The summed E-state index contributed by atoms with van der Waals surface area (Å²) in [6.07, 6.45) is 3.43. The molecule has 0 spiro atoms. The lowest BCUT2D eigenvalue weighted by molar-refractivity contribution is 0.0714. The monoisotopic (exact) mass is 518 g/mol. The SMILES string of the molecule is O=C(c1ccc(F)cc1)N1CCCC(Nc2nccc(-c3c(-c4ccc(F)cc4)nc4n3CCS4)n2)C1. The summed E-state index contributed by atoms with van der Waals surface area (Å²) < 4.78 is 29.0. The molecule has 37 heavy (non-hydrogen) atoms. The third-order valence-corrected chi connectivity index (χ3v) is 7.58. The molecule has 1 N–H and O–H groups in total. The van der Waals surface area contributed by atoms with Crippen LogP contribution in [0.15, 0.2) is 66.0 Å². The van der Waals surface area contributed by atoms with E-state index in [1.165, 1.54) is 36.4 Å². The van der Waals surface area contributed by atoms with E-state index in [-0.39, 0.29) is 23.6 Å². The molecule has 0 saturated carbocycles. The number of thioether (sulfide) groups is 1. The number of carbonyl (C=O) groups excluding carboxylic acids is 1. The van der Waals surface area contributed by atoms with Crippen LogP contribution in [0.5, 0.6) is 0 Å². The molecule has 10 heteroatoms. The summed E-state index contributed by atoms with van der Waals surface area (Å²) in [6.45, 7) is 1.97. The van der Waals surface area contributed by atoms with E-state index in [4.69, 9.17) is 9.97 Å². The molecule has 7 nitrogen and oxygen atoms in total. The zero-order chi connectivity index (χ0) is 25.4. The van der Waals surface area contributed by atoms with E-state index >= 15 is 0 Å². The van der Waals surface area contributed by atoms with Crippen molar-refractivity contribution in [3.05, 3.63) is 78.0 Å². The summed E-state index contributed by atoms with van der Waals surface area (Å²) in [4.78, 5) is 28.8. The van der Waals surface area contributed by atoms with Crippen LogP contribution in [0.25, 0.3) is 22.6 Å². The van der Waals surface area contributed by atoms with Crippen molar-refractivity contribution < 1.29 is 13.6 Å². The molecular formula is C27H24F2N6OS. The Morgan fingerprint density at radius 2 is 1.73 bits per heavy atom. The minimum absolute atomic E-state index is 0.0170. The van der Waals surface area contributed by atoms with Crippen LogP contribution >= 0.6 is 11.8 Å². The fraction of sp³-hybridized carbons (Fsp3) is 0.259. The second kappa shape index (κ2) is 9.93. The van der Waals surface area contributed by atoms with Gasteiger partial charge in [-0.15, -0.1) is 0 Å². The third kappa shape index (κ3) is 4.81. The number of benzene rings is 2. The molecule has 4 aromatic rings. The molecule has 1 fully saturated rings. The highest BCUT2D eigenvalue weighted by molar-refractivity contribution is 7.99. The maximum atomic E-state index is 13.6. The van der Waals surface area contributed by atoms with E-state index in [0.29, 0.717) is 24.6 Å². The largest absolute Gasteiger partial charge is 0.350 e. The maximum Gasteiger partial charge on any atom is 0.253 e. The Balaban J connectivity index is 1.24. The number of nitrogens with zero attached hydrogens (tertiary/aromatic N) is 5. The van der Waals surface area contributed by atoms with E-state index < -0.39 is 0 Å². The normalized spacial score (nSPS) is 17.0. The van der Waals surface area contributed by atoms with Gasteiger partial charge in [0.15, 0.2) is 5.16 Å². The zero-order valence-corrected chi connectivity index (χ0v) is 20.7. The van der Waals surface area contributed by atoms with Gasteiger partial charge in [0, 0.05) is 48.8 Å². The Kier molecular flexibility index (Phi) is 6.33. The van der Waals surface area contributed by atoms with Gasteiger partial charge >= 0.3 is 0 Å². The lowest BCUT2D eigenvalue weighted by Gasteiger charge is -2.33. The molecule has 2 aromatic heterocycles. The smallest absolute Gasteiger partial charge is 0.253 e. The molecule has 4 heterocycles. The molecule has 1 amide bonds. The van der Waals surface area contributed by atoms with E-state index in [9.17, 15) is 13.6 Å². The van der Waals surface area contributed by atoms with E-state index in [1.54, 1.807) is 35.0 Å². The summed E-state index contributed by atoms with van der Waals surface area (Å²) in [7, 11) is 0. The lowest BCUT2D eigenvalue weighted by atomic mass is 10.0. The van der Waals surface area contributed by atoms with Crippen molar-refractivity contribution in [1.82, 2.24) is 24.4 Å². The molecule has 2 aliphatic rings. The van der Waals surface area contributed by atoms with E-state index in [1.807, 2.05) is 6.07 Å². The number of imidazole rings is 1. The molecule has 188 valence electrons. The van der Waals surface area contributed by atoms with Crippen molar-refractivity contribution in [3.8, 4) is 22.6 Å². The Hall–Kier alpha value is -3.79. The first-order valence-corrected chi connectivity index (χ1v) is 13.2. The first-order chi connectivity index (χ1) is 18.0. The van der Waals surface area contributed by atoms with Gasteiger partial charge in [-0.3, -0.25) is 4.79 Å². The van der Waals surface area contributed by atoms with Gasteiger partial charge in [-0.2, -0.15) is 0 Å². The number of carbonyl (C=O) groups is 1. The highest BCUT2D eigenvalue weighted by Gasteiger charge is 2.27. The van der Waals surface area contributed by atoms with Crippen LogP contribution < -0.4 is 5.32 Å². The molecule has 1 atom stereocenters. The van der Waals surface area contributed by atoms with Crippen LogP contribution in [-0.2, 0) is 6.54 Å². The highest BCUT2D eigenvalue weighted by atomic mass is 32.2. The summed E-state index contributed by atoms with van der Waals surface area (Å²) in [5.74, 6) is 0.647. The average Bonchev–Trinajstić information content (AvgIpc) is 3.51.